The number of ether oxygens (including phenoxy) is 3. The molecule has 118 valence electrons. The van der Waals surface area contributed by atoms with Crippen LogP contribution in [0, 0.1) is 0 Å². The summed E-state index contributed by atoms with van der Waals surface area (Å²) in [5.41, 5.74) is 1.93. The highest BCUT2D eigenvalue weighted by molar-refractivity contribution is 7.99. The highest BCUT2D eigenvalue weighted by Gasteiger charge is 2.10. The van der Waals surface area contributed by atoms with Crippen molar-refractivity contribution in [3.8, 4) is 22.1 Å². The third-order valence-corrected chi connectivity index (χ3v) is 4.76. The van der Waals surface area contributed by atoms with E-state index in [0.717, 1.165) is 16.3 Å². The molecule has 1 heterocycles. The van der Waals surface area contributed by atoms with Gasteiger partial charge in [0.15, 0.2) is 11.5 Å². The van der Waals surface area contributed by atoms with Crippen LogP contribution in [0.5, 0.6) is 11.5 Å². The first kappa shape index (κ1) is 16.6. The van der Waals surface area contributed by atoms with E-state index in [0.29, 0.717) is 23.0 Å². The van der Waals surface area contributed by atoms with E-state index in [2.05, 4.69) is 9.72 Å². The lowest BCUT2D eigenvalue weighted by atomic mass is 10.2. The van der Waals surface area contributed by atoms with E-state index in [9.17, 15) is 4.79 Å². The summed E-state index contributed by atoms with van der Waals surface area (Å²) < 4.78 is 15.1. The number of nitrogens with zero attached hydrogens (tertiary/aromatic N) is 1. The molecule has 0 atom stereocenters. The minimum atomic E-state index is -0.222. The molecule has 0 aliphatic carbocycles. The summed E-state index contributed by atoms with van der Waals surface area (Å²) in [7, 11) is 4.61. The molecule has 0 amide bonds. The Labute approximate surface area is 137 Å². The van der Waals surface area contributed by atoms with Crippen molar-refractivity contribution in [1.29, 1.82) is 0 Å². The normalized spacial score (nSPS) is 10.3. The van der Waals surface area contributed by atoms with Crippen LogP contribution < -0.4 is 9.47 Å². The van der Waals surface area contributed by atoms with Gasteiger partial charge in [-0.3, -0.25) is 4.79 Å². The molecule has 0 aliphatic heterocycles. The van der Waals surface area contributed by atoms with Crippen molar-refractivity contribution in [2.75, 3.05) is 27.1 Å². The predicted molar refractivity (Wildman–Crippen MR) is 88.8 cm³/mol. The molecular formula is C15H17NO4S2. The van der Waals surface area contributed by atoms with Gasteiger partial charge in [0, 0.05) is 16.7 Å². The fourth-order valence-corrected chi connectivity index (χ4v) is 3.44. The lowest BCUT2D eigenvalue weighted by molar-refractivity contribution is -0.137. The highest BCUT2D eigenvalue weighted by atomic mass is 32.2. The lowest BCUT2D eigenvalue weighted by Crippen LogP contribution is -2.03. The summed E-state index contributed by atoms with van der Waals surface area (Å²) in [6, 6.07) is 5.72. The molecule has 0 bridgehead atoms. The number of methoxy groups -OCH3 is 3. The van der Waals surface area contributed by atoms with Crippen LogP contribution in [0.1, 0.15) is 5.69 Å². The van der Waals surface area contributed by atoms with Crippen molar-refractivity contribution in [2.45, 2.75) is 5.75 Å². The third kappa shape index (κ3) is 4.14. The van der Waals surface area contributed by atoms with E-state index in [1.807, 2.05) is 23.6 Å². The molecule has 0 fully saturated rings. The van der Waals surface area contributed by atoms with E-state index in [4.69, 9.17) is 9.47 Å². The quantitative estimate of drug-likeness (QED) is 0.722. The van der Waals surface area contributed by atoms with E-state index in [-0.39, 0.29) is 5.97 Å². The third-order valence-electron chi connectivity index (χ3n) is 2.88. The van der Waals surface area contributed by atoms with Gasteiger partial charge in [0.05, 0.1) is 32.8 Å². The Morgan fingerprint density at radius 2 is 2.00 bits per heavy atom. The summed E-state index contributed by atoms with van der Waals surface area (Å²) in [6.45, 7) is 0. The second kappa shape index (κ2) is 8.05. The number of thioether (sulfide) groups is 1. The van der Waals surface area contributed by atoms with E-state index in [1.54, 1.807) is 25.6 Å². The Bertz CT molecular complexity index is 642. The Morgan fingerprint density at radius 1 is 1.23 bits per heavy atom. The second-order valence-electron chi connectivity index (χ2n) is 4.28. The zero-order valence-electron chi connectivity index (χ0n) is 12.6. The number of benzene rings is 1. The molecule has 0 saturated carbocycles. The van der Waals surface area contributed by atoms with Gasteiger partial charge in [-0.1, -0.05) is 0 Å². The van der Waals surface area contributed by atoms with Gasteiger partial charge in [-0.25, -0.2) is 4.98 Å². The van der Waals surface area contributed by atoms with Crippen LogP contribution in [0.2, 0.25) is 0 Å². The van der Waals surface area contributed by atoms with Gasteiger partial charge in [-0.05, 0) is 18.2 Å². The van der Waals surface area contributed by atoms with Gasteiger partial charge < -0.3 is 14.2 Å². The summed E-state index contributed by atoms with van der Waals surface area (Å²) in [4.78, 5) is 15.7. The van der Waals surface area contributed by atoms with Crippen LogP contribution >= 0.6 is 23.1 Å². The van der Waals surface area contributed by atoms with Crippen molar-refractivity contribution in [1.82, 2.24) is 4.98 Å². The van der Waals surface area contributed by atoms with Crippen molar-refractivity contribution >= 4 is 29.1 Å². The maximum absolute atomic E-state index is 11.1. The zero-order chi connectivity index (χ0) is 15.9. The molecule has 0 spiro atoms. The number of esters is 1. The van der Waals surface area contributed by atoms with Crippen LogP contribution in [0.25, 0.3) is 10.6 Å². The topological polar surface area (TPSA) is 57.7 Å². The molecule has 7 heteroatoms. The van der Waals surface area contributed by atoms with E-state index in [1.165, 1.54) is 18.9 Å². The van der Waals surface area contributed by atoms with Crippen molar-refractivity contribution in [3.05, 3.63) is 29.3 Å². The number of carbonyl (C=O) groups excluding carboxylic acids is 1. The average molecular weight is 339 g/mol. The molecule has 5 nitrogen and oxygen atoms in total. The molecule has 0 aliphatic rings. The Kier molecular flexibility index (Phi) is 6.09. The maximum Gasteiger partial charge on any atom is 0.315 e. The number of aromatic nitrogens is 1. The van der Waals surface area contributed by atoms with E-state index < -0.39 is 0 Å². The monoisotopic (exact) mass is 339 g/mol. The molecule has 2 rings (SSSR count). The van der Waals surface area contributed by atoms with Crippen molar-refractivity contribution < 1.29 is 19.0 Å². The number of carbonyl (C=O) groups is 1. The predicted octanol–water partition coefficient (Wildman–Crippen LogP) is 3.23. The Hall–Kier alpha value is -1.73. The van der Waals surface area contributed by atoms with Gasteiger partial charge in [-0.2, -0.15) is 0 Å². The largest absolute Gasteiger partial charge is 0.493 e. The smallest absolute Gasteiger partial charge is 0.315 e. The molecule has 1 aromatic heterocycles. The Morgan fingerprint density at radius 3 is 2.68 bits per heavy atom. The molecule has 22 heavy (non-hydrogen) atoms. The van der Waals surface area contributed by atoms with Gasteiger partial charge in [0.1, 0.15) is 5.01 Å². The molecule has 0 radical (unpaired) electrons. The van der Waals surface area contributed by atoms with Crippen LogP contribution in [-0.4, -0.2) is 38.0 Å². The first-order valence-corrected chi connectivity index (χ1v) is 8.52. The summed E-state index contributed by atoms with van der Waals surface area (Å²) >= 11 is 3.05. The molecule has 2 aromatic rings. The Balaban J connectivity index is 2.06. The summed E-state index contributed by atoms with van der Waals surface area (Å²) in [6.07, 6.45) is 0. The molecular weight excluding hydrogens is 322 g/mol. The highest BCUT2D eigenvalue weighted by Crippen LogP contribution is 2.33. The maximum atomic E-state index is 11.1. The van der Waals surface area contributed by atoms with Crippen molar-refractivity contribution in [3.63, 3.8) is 0 Å². The van der Waals surface area contributed by atoms with Gasteiger partial charge >= 0.3 is 5.97 Å². The van der Waals surface area contributed by atoms with Crippen molar-refractivity contribution in [2.24, 2.45) is 0 Å². The SMILES string of the molecule is COC(=O)CSCc1csc(-c2ccc(OC)c(OC)c2)n1. The fourth-order valence-electron chi connectivity index (χ4n) is 1.77. The summed E-state index contributed by atoms with van der Waals surface area (Å²) in [5, 5.41) is 2.91. The molecule has 0 saturated heterocycles. The molecule has 0 unspecified atom stereocenters. The summed E-state index contributed by atoms with van der Waals surface area (Å²) in [5.74, 6) is 2.16. The number of hydrogen-bond acceptors (Lipinski definition) is 7. The molecule has 0 N–H and O–H groups in total. The van der Waals surface area contributed by atoms with Crippen LogP contribution in [0.4, 0.5) is 0 Å². The van der Waals surface area contributed by atoms with Crippen LogP contribution in [0.3, 0.4) is 0 Å². The standard InChI is InChI=1S/C15H17NO4S2/c1-18-12-5-4-10(6-13(12)19-2)15-16-11(8-22-15)7-21-9-14(17)20-3/h4-6,8H,7,9H2,1-3H3. The van der Waals surface area contributed by atoms with Gasteiger partial charge in [0.25, 0.3) is 0 Å². The second-order valence-corrected chi connectivity index (χ2v) is 6.13. The number of hydrogen-bond donors (Lipinski definition) is 0. The zero-order valence-corrected chi connectivity index (χ0v) is 14.3. The first-order chi connectivity index (χ1) is 10.7. The average Bonchev–Trinajstić information content (AvgIpc) is 3.02. The van der Waals surface area contributed by atoms with Crippen LogP contribution in [0.15, 0.2) is 23.6 Å². The fraction of sp³-hybridized carbons (Fsp3) is 0.333. The van der Waals surface area contributed by atoms with Crippen LogP contribution in [-0.2, 0) is 15.3 Å². The number of thiazole rings is 1. The minimum Gasteiger partial charge on any atom is -0.493 e. The minimum absolute atomic E-state index is 0.222. The van der Waals surface area contributed by atoms with Gasteiger partial charge in [-0.15, -0.1) is 23.1 Å². The first-order valence-electron chi connectivity index (χ1n) is 6.49. The van der Waals surface area contributed by atoms with Gasteiger partial charge in [0.2, 0.25) is 0 Å². The molecule has 1 aromatic carbocycles. The lowest BCUT2D eigenvalue weighted by Gasteiger charge is -2.08. The number of rotatable bonds is 7. The van der Waals surface area contributed by atoms with E-state index >= 15 is 0 Å².